The highest BCUT2D eigenvalue weighted by Gasteiger charge is 2.46. The lowest BCUT2D eigenvalue weighted by atomic mass is 9.88. The molecule has 0 saturated carbocycles. The molecule has 27 heavy (non-hydrogen) atoms. The molecule has 0 fully saturated rings. The van der Waals surface area contributed by atoms with E-state index in [1.54, 1.807) is 42.5 Å². The molecular weight excluding hydrogens is 430 g/mol. The van der Waals surface area contributed by atoms with E-state index in [2.05, 4.69) is 15.9 Å². The lowest BCUT2D eigenvalue weighted by molar-refractivity contribution is 0.357. The minimum atomic E-state index is -3.92. The van der Waals surface area contributed by atoms with Gasteiger partial charge in [0.1, 0.15) is 16.5 Å². The number of halogens is 1. The Kier molecular flexibility index (Phi) is 4.02. The van der Waals surface area contributed by atoms with Gasteiger partial charge in [0.15, 0.2) is 5.76 Å². The Bertz CT molecular complexity index is 1180. The molecule has 0 unspecified atom stereocenters. The zero-order chi connectivity index (χ0) is 19.3. The van der Waals surface area contributed by atoms with E-state index in [0.29, 0.717) is 16.8 Å². The van der Waals surface area contributed by atoms with Crippen molar-refractivity contribution in [3.63, 3.8) is 0 Å². The Hall–Kier alpha value is -2.76. The molecule has 0 spiro atoms. The highest BCUT2D eigenvalue weighted by molar-refractivity contribution is 9.10. The van der Waals surface area contributed by atoms with Crippen LogP contribution >= 0.6 is 15.9 Å². The zero-order valence-corrected chi connectivity index (χ0v) is 16.6. The monoisotopic (exact) mass is 443 g/mol. The van der Waals surface area contributed by atoms with E-state index in [-0.39, 0.29) is 22.1 Å². The number of hydrogen-bond acceptors (Lipinski definition) is 5. The number of nitrogens with zero attached hydrogens (tertiary/aromatic N) is 2. The third-order valence-corrected chi connectivity index (χ3v) is 7.07. The summed E-state index contributed by atoms with van der Waals surface area (Å²) in [6.07, 6.45) is 0. The minimum absolute atomic E-state index is 0.0209. The fourth-order valence-electron chi connectivity index (χ4n) is 3.41. The van der Waals surface area contributed by atoms with Crippen LogP contribution in [-0.4, -0.2) is 15.5 Å². The molecule has 1 atom stereocenters. The van der Waals surface area contributed by atoms with Crippen molar-refractivity contribution in [1.29, 1.82) is 5.26 Å². The first-order chi connectivity index (χ1) is 12.9. The largest absolute Gasteiger partial charge is 0.439 e. The molecule has 2 aromatic carbocycles. The summed E-state index contributed by atoms with van der Waals surface area (Å²) < 4.78 is 34.4. The van der Waals surface area contributed by atoms with E-state index >= 15 is 0 Å². The highest BCUT2D eigenvalue weighted by Crippen LogP contribution is 2.50. The van der Waals surface area contributed by atoms with Gasteiger partial charge in [0.25, 0.3) is 10.0 Å². The van der Waals surface area contributed by atoms with E-state index < -0.39 is 15.9 Å². The number of allylic oxidation sites excluding steroid dienone is 2. The average molecular weight is 444 g/mol. The van der Waals surface area contributed by atoms with Gasteiger partial charge in [-0.1, -0.05) is 40.2 Å². The lowest BCUT2D eigenvalue weighted by Gasteiger charge is -2.36. The molecule has 0 aromatic heterocycles. The molecule has 2 aromatic rings. The first kappa shape index (κ1) is 17.6. The van der Waals surface area contributed by atoms with Gasteiger partial charge in [-0.2, -0.15) is 5.26 Å². The molecule has 6 nitrogen and oxygen atoms in total. The molecule has 0 aliphatic carbocycles. The minimum Gasteiger partial charge on any atom is -0.439 e. The number of nitriles is 1. The number of nitrogens with two attached hydrogens (primary N) is 1. The summed E-state index contributed by atoms with van der Waals surface area (Å²) in [5.41, 5.74) is 7.84. The van der Waals surface area contributed by atoms with Crippen molar-refractivity contribution in [3.8, 4) is 6.07 Å². The molecular formula is C19H14BrN3O3S. The van der Waals surface area contributed by atoms with Gasteiger partial charge in [0.2, 0.25) is 5.88 Å². The molecule has 0 radical (unpaired) electrons. The van der Waals surface area contributed by atoms with Crippen molar-refractivity contribution < 1.29 is 13.2 Å². The second kappa shape index (κ2) is 6.15. The van der Waals surface area contributed by atoms with Crippen LogP contribution in [0.1, 0.15) is 17.0 Å². The predicted octanol–water partition coefficient (Wildman–Crippen LogP) is 3.41. The van der Waals surface area contributed by atoms with E-state index in [0.717, 1.165) is 4.47 Å². The van der Waals surface area contributed by atoms with Crippen LogP contribution in [0.4, 0.5) is 5.69 Å². The molecule has 4 rings (SSSR count). The summed E-state index contributed by atoms with van der Waals surface area (Å²) in [5, 5.41) is 9.67. The van der Waals surface area contributed by atoms with E-state index in [4.69, 9.17) is 10.5 Å². The molecule has 0 bridgehead atoms. The van der Waals surface area contributed by atoms with Gasteiger partial charge in [0, 0.05) is 17.1 Å². The number of hydrogen-bond donors (Lipinski definition) is 1. The molecule has 136 valence electrons. The van der Waals surface area contributed by atoms with Crippen LogP contribution in [-0.2, 0) is 14.8 Å². The van der Waals surface area contributed by atoms with Gasteiger partial charge in [-0.3, -0.25) is 4.31 Å². The average Bonchev–Trinajstić information content (AvgIpc) is 2.65. The van der Waals surface area contributed by atoms with E-state index in [1.807, 2.05) is 12.1 Å². The number of sulfonamides is 1. The molecule has 2 N–H and O–H groups in total. The standard InChI is InChI=1S/C19H14BrN3O3S/c1-23-15-8-3-2-7-13(15)17-18(27(23,24)25)16(14(10-21)19(22)26-17)11-5-4-6-12(20)9-11/h2-9,16H,22H2,1H3/t16-/m1/s1. The third kappa shape index (κ3) is 2.54. The van der Waals surface area contributed by atoms with Crippen LogP contribution in [0.15, 0.2) is 69.4 Å². The Balaban J connectivity index is 2.09. The molecule has 8 heteroatoms. The smallest absolute Gasteiger partial charge is 0.264 e. The first-order valence-electron chi connectivity index (χ1n) is 8.02. The molecule has 0 saturated heterocycles. The highest BCUT2D eigenvalue weighted by atomic mass is 79.9. The lowest BCUT2D eigenvalue weighted by Crippen LogP contribution is -2.37. The summed E-state index contributed by atoms with van der Waals surface area (Å²) in [5.74, 6) is -0.766. The van der Waals surface area contributed by atoms with Crippen LogP contribution in [0.5, 0.6) is 0 Å². The second-order valence-corrected chi connectivity index (χ2v) is 9.02. The number of ether oxygens (including phenoxy) is 1. The van der Waals surface area contributed by atoms with Crippen molar-refractivity contribution in [2.24, 2.45) is 5.73 Å². The maximum absolute atomic E-state index is 13.4. The molecule has 0 amide bonds. The fraction of sp³-hybridized carbons (Fsp3) is 0.105. The summed E-state index contributed by atoms with van der Waals surface area (Å²) in [7, 11) is -2.43. The first-order valence-corrected chi connectivity index (χ1v) is 10.2. The van der Waals surface area contributed by atoms with Crippen LogP contribution < -0.4 is 10.0 Å². The van der Waals surface area contributed by atoms with Crippen molar-refractivity contribution in [2.45, 2.75) is 5.92 Å². The quantitative estimate of drug-likeness (QED) is 0.728. The summed E-state index contributed by atoms with van der Waals surface area (Å²) >= 11 is 3.40. The maximum Gasteiger partial charge on any atom is 0.264 e. The Morgan fingerprint density at radius 1 is 1.22 bits per heavy atom. The zero-order valence-electron chi connectivity index (χ0n) is 14.2. The summed E-state index contributed by atoms with van der Waals surface area (Å²) in [6, 6.07) is 16.2. The molecule has 2 heterocycles. The normalized spacial score (nSPS) is 20.5. The number of rotatable bonds is 1. The fourth-order valence-corrected chi connectivity index (χ4v) is 5.48. The summed E-state index contributed by atoms with van der Waals surface area (Å²) in [6.45, 7) is 0. The number of para-hydroxylation sites is 1. The number of fused-ring (bicyclic) bond motifs is 2. The molecule has 2 aliphatic heterocycles. The number of anilines is 1. The SMILES string of the molecule is CN1c2ccccc2C2=C([C@H](c3cccc(Br)c3)C(C#N)=C(N)O2)S1(=O)=O. The Morgan fingerprint density at radius 3 is 2.67 bits per heavy atom. The van der Waals surface area contributed by atoms with E-state index in [9.17, 15) is 13.7 Å². The van der Waals surface area contributed by atoms with Gasteiger partial charge in [0.05, 0.1) is 11.6 Å². The Morgan fingerprint density at radius 2 is 1.96 bits per heavy atom. The van der Waals surface area contributed by atoms with Gasteiger partial charge in [-0.15, -0.1) is 0 Å². The van der Waals surface area contributed by atoms with Crippen molar-refractivity contribution >= 4 is 37.4 Å². The van der Waals surface area contributed by atoms with Gasteiger partial charge < -0.3 is 10.5 Å². The predicted molar refractivity (Wildman–Crippen MR) is 105 cm³/mol. The van der Waals surface area contributed by atoms with E-state index in [1.165, 1.54) is 11.4 Å². The number of benzene rings is 2. The second-order valence-electron chi connectivity index (χ2n) is 6.16. The van der Waals surface area contributed by atoms with Crippen LogP contribution in [0, 0.1) is 11.3 Å². The molecule has 2 aliphatic rings. The topological polar surface area (TPSA) is 96.4 Å². The van der Waals surface area contributed by atoms with Gasteiger partial charge in [-0.25, -0.2) is 8.42 Å². The van der Waals surface area contributed by atoms with Crippen LogP contribution in [0.25, 0.3) is 5.76 Å². The summed E-state index contributed by atoms with van der Waals surface area (Å²) in [4.78, 5) is 0.0209. The van der Waals surface area contributed by atoms with Gasteiger partial charge >= 0.3 is 0 Å². The van der Waals surface area contributed by atoms with Crippen LogP contribution in [0.3, 0.4) is 0 Å². The van der Waals surface area contributed by atoms with Gasteiger partial charge in [-0.05, 0) is 29.8 Å². The maximum atomic E-state index is 13.4. The van der Waals surface area contributed by atoms with Crippen molar-refractivity contribution in [2.75, 3.05) is 11.4 Å². The van der Waals surface area contributed by atoms with Crippen LogP contribution in [0.2, 0.25) is 0 Å². The van der Waals surface area contributed by atoms with Crippen molar-refractivity contribution in [1.82, 2.24) is 0 Å². The van der Waals surface area contributed by atoms with Crippen molar-refractivity contribution in [3.05, 3.63) is 80.5 Å². The Labute approximate surface area is 165 Å². The third-order valence-electron chi connectivity index (χ3n) is 4.68.